The molecule has 1 aromatic heterocycles. The number of carbonyl (C=O) groups excluding carboxylic acids is 1. The van der Waals surface area contributed by atoms with Gasteiger partial charge in [-0.05, 0) is 55.0 Å². The maximum Gasteiger partial charge on any atom is 0.255 e. The largest absolute Gasteiger partial charge is 0.340 e. The van der Waals surface area contributed by atoms with Crippen molar-refractivity contribution < 1.29 is 4.79 Å². The summed E-state index contributed by atoms with van der Waals surface area (Å²) in [5, 5.41) is 15.5. The monoisotopic (exact) mass is 362 g/mol. The number of hydrogen-bond donors (Lipinski definition) is 2. The fraction of sp³-hybridized carbons (Fsp3) is 0.0500. The third-order valence-electron chi connectivity index (χ3n) is 3.73. The highest BCUT2D eigenvalue weighted by Gasteiger charge is 2.10. The SMILES string of the molecule is Cc1ccc(Cl)cc1NC(=O)c1ccnc(Nc2cccc(C#N)c2)c1. The second-order valence-electron chi connectivity index (χ2n) is 5.66. The molecule has 6 heteroatoms. The Bertz CT molecular complexity index is 1010. The lowest BCUT2D eigenvalue weighted by molar-refractivity contribution is 0.102. The molecule has 3 rings (SSSR count). The summed E-state index contributed by atoms with van der Waals surface area (Å²) in [5.74, 6) is 0.252. The van der Waals surface area contributed by atoms with Gasteiger partial charge in [0.1, 0.15) is 5.82 Å². The molecule has 0 unspecified atom stereocenters. The molecule has 2 N–H and O–H groups in total. The first-order chi connectivity index (χ1) is 12.5. The summed E-state index contributed by atoms with van der Waals surface area (Å²) in [6.45, 7) is 1.90. The standard InChI is InChI=1S/C20H15ClN4O/c1-13-5-6-16(21)11-18(13)25-20(26)15-7-8-23-19(10-15)24-17-4-2-3-14(9-17)12-22/h2-11H,1H3,(H,23,24)(H,25,26). The number of anilines is 3. The number of amides is 1. The van der Waals surface area contributed by atoms with Gasteiger partial charge >= 0.3 is 0 Å². The van der Waals surface area contributed by atoms with Gasteiger partial charge in [-0.25, -0.2) is 4.98 Å². The molecule has 0 saturated heterocycles. The van der Waals surface area contributed by atoms with Crippen molar-refractivity contribution in [2.24, 2.45) is 0 Å². The Labute approximate surface area is 156 Å². The van der Waals surface area contributed by atoms with Gasteiger partial charge in [0.15, 0.2) is 0 Å². The van der Waals surface area contributed by atoms with Crippen LogP contribution in [0, 0.1) is 18.3 Å². The van der Waals surface area contributed by atoms with E-state index >= 15 is 0 Å². The Morgan fingerprint density at radius 3 is 2.81 bits per heavy atom. The molecule has 26 heavy (non-hydrogen) atoms. The average Bonchev–Trinajstić information content (AvgIpc) is 2.65. The number of aromatic nitrogens is 1. The molecule has 0 aliphatic heterocycles. The van der Waals surface area contributed by atoms with Crippen LogP contribution >= 0.6 is 11.6 Å². The van der Waals surface area contributed by atoms with E-state index in [1.165, 1.54) is 0 Å². The first-order valence-electron chi connectivity index (χ1n) is 7.86. The topological polar surface area (TPSA) is 77.8 Å². The summed E-state index contributed by atoms with van der Waals surface area (Å²) in [4.78, 5) is 16.7. The van der Waals surface area contributed by atoms with E-state index in [0.717, 1.165) is 11.3 Å². The average molecular weight is 363 g/mol. The predicted molar refractivity (Wildman–Crippen MR) is 103 cm³/mol. The second kappa shape index (κ2) is 7.68. The van der Waals surface area contributed by atoms with Gasteiger partial charge in [-0.1, -0.05) is 23.7 Å². The van der Waals surface area contributed by atoms with E-state index in [4.69, 9.17) is 16.9 Å². The molecule has 0 bridgehead atoms. The van der Waals surface area contributed by atoms with Crippen LogP contribution in [0.5, 0.6) is 0 Å². The molecule has 0 radical (unpaired) electrons. The second-order valence-corrected chi connectivity index (χ2v) is 6.10. The van der Waals surface area contributed by atoms with Crippen LogP contribution in [0.25, 0.3) is 0 Å². The summed E-state index contributed by atoms with van der Waals surface area (Å²) >= 11 is 5.99. The van der Waals surface area contributed by atoms with Crippen LogP contribution in [0.2, 0.25) is 5.02 Å². The third kappa shape index (κ3) is 4.18. The van der Waals surface area contributed by atoms with Crippen LogP contribution in [-0.2, 0) is 0 Å². The highest BCUT2D eigenvalue weighted by atomic mass is 35.5. The smallest absolute Gasteiger partial charge is 0.255 e. The number of halogens is 1. The Morgan fingerprint density at radius 2 is 2.00 bits per heavy atom. The molecule has 1 heterocycles. The van der Waals surface area contributed by atoms with E-state index in [1.54, 1.807) is 48.7 Å². The van der Waals surface area contributed by atoms with Gasteiger partial charge in [-0.2, -0.15) is 5.26 Å². The van der Waals surface area contributed by atoms with Gasteiger partial charge in [0.25, 0.3) is 5.91 Å². The quantitative estimate of drug-likeness (QED) is 0.691. The lowest BCUT2D eigenvalue weighted by atomic mass is 10.1. The number of nitrogens with one attached hydrogen (secondary N) is 2. The molecule has 0 aliphatic rings. The zero-order valence-corrected chi connectivity index (χ0v) is 14.7. The number of aryl methyl sites for hydroxylation is 1. The molecule has 2 aromatic carbocycles. The van der Waals surface area contributed by atoms with E-state index < -0.39 is 0 Å². The van der Waals surface area contributed by atoms with Gasteiger partial charge in [-0.15, -0.1) is 0 Å². The molecular weight excluding hydrogens is 348 g/mol. The zero-order chi connectivity index (χ0) is 18.5. The predicted octanol–water partition coefficient (Wildman–Crippen LogP) is 4.91. The van der Waals surface area contributed by atoms with Crippen molar-refractivity contribution in [1.82, 2.24) is 4.98 Å². The van der Waals surface area contributed by atoms with Crippen molar-refractivity contribution in [2.45, 2.75) is 6.92 Å². The molecule has 0 fully saturated rings. The Kier molecular flexibility index (Phi) is 5.16. The number of nitrogens with zero attached hydrogens (tertiary/aromatic N) is 2. The van der Waals surface area contributed by atoms with E-state index in [2.05, 4.69) is 21.7 Å². The van der Waals surface area contributed by atoms with Crippen LogP contribution < -0.4 is 10.6 Å². The van der Waals surface area contributed by atoms with Crippen LogP contribution in [0.1, 0.15) is 21.5 Å². The van der Waals surface area contributed by atoms with Crippen molar-refractivity contribution in [3.63, 3.8) is 0 Å². The van der Waals surface area contributed by atoms with E-state index in [1.807, 2.05) is 19.1 Å². The Morgan fingerprint density at radius 1 is 1.15 bits per heavy atom. The third-order valence-corrected chi connectivity index (χ3v) is 3.97. The maximum absolute atomic E-state index is 12.5. The van der Waals surface area contributed by atoms with Gasteiger partial charge in [0.2, 0.25) is 0 Å². The van der Waals surface area contributed by atoms with Gasteiger partial charge in [0.05, 0.1) is 11.6 Å². The summed E-state index contributed by atoms with van der Waals surface area (Å²) < 4.78 is 0. The van der Waals surface area contributed by atoms with E-state index in [0.29, 0.717) is 27.7 Å². The lowest BCUT2D eigenvalue weighted by Gasteiger charge is -2.10. The number of rotatable bonds is 4. The Balaban J connectivity index is 1.79. The number of pyridine rings is 1. The fourth-order valence-corrected chi connectivity index (χ4v) is 2.55. The van der Waals surface area contributed by atoms with Gasteiger partial charge in [-0.3, -0.25) is 4.79 Å². The molecule has 0 atom stereocenters. The number of hydrogen-bond acceptors (Lipinski definition) is 4. The minimum absolute atomic E-state index is 0.258. The molecule has 1 amide bonds. The number of carbonyl (C=O) groups is 1. The highest BCUT2D eigenvalue weighted by Crippen LogP contribution is 2.22. The summed E-state index contributed by atoms with van der Waals surface area (Å²) in [6, 6.07) is 17.7. The first kappa shape index (κ1) is 17.5. The summed E-state index contributed by atoms with van der Waals surface area (Å²) in [6.07, 6.45) is 1.55. The number of benzene rings is 2. The molecule has 128 valence electrons. The fourth-order valence-electron chi connectivity index (χ4n) is 2.38. The molecular formula is C20H15ClN4O. The number of nitriles is 1. The zero-order valence-electron chi connectivity index (χ0n) is 14.0. The van der Waals surface area contributed by atoms with Crippen molar-refractivity contribution in [3.8, 4) is 6.07 Å². The lowest BCUT2D eigenvalue weighted by Crippen LogP contribution is -2.13. The molecule has 5 nitrogen and oxygen atoms in total. The summed E-state index contributed by atoms with van der Waals surface area (Å²) in [5.41, 5.74) is 3.30. The molecule has 0 saturated carbocycles. The van der Waals surface area contributed by atoms with Gasteiger partial charge < -0.3 is 10.6 Å². The van der Waals surface area contributed by atoms with Crippen LogP contribution in [-0.4, -0.2) is 10.9 Å². The van der Waals surface area contributed by atoms with E-state index in [9.17, 15) is 4.79 Å². The van der Waals surface area contributed by atoms with Crippen molar-refractivity contribution in [1.29, 1.82) is 5.26 Å². The minimum Gasteiger partial charge on any atom is -0.340 e. The van der Waals surface area contributed by atoms with Crippen molar-refractivity contribution in [2.75, 3.05) is 10.6 Å². The summed E-state index contributed by atoms with van der Waals surface area (Å²) in [7, 11) is 0. The maximum atomic E-state index is 12.5. The van der Waals surface area contributed by atoms with Gasteiger partial charge in [0, 0.05) is 28.2 Å². The van der Waals surface area contributed by atoms with Crippen LogP contribution in [0.3, 0.4) is 0 Å². The van der Waals surface area contributed by atoms with Crippen LogP contribution in [0.4, 0.5) is 17.2 Å². The molecule has 0 aliphatic carbocycles. The van der Waals surface area contributed by atoms with Crippen molar-refractivity contribution in [3.05, 3.63) is 82.5 Å². The first-order valence-corrected chi connectivity index (χ1v) is 8.24. The normalized spacial score (nSPS) is 10.0. The Hall–Kier alpha value is -3.36. The van der Waals surface area contributed by atoms with Crippen LogP contribution in [0.15, 0.2) is 60.8 Å². The van der Waals surface area contributed by atoms with Crippen molar-refractivity contribution >= 4 is 34.7 Å². The van der Waals surface area contributed by atoms with E-state index in [-0.39, 0.29) is 5.91 Å². The minimum atomic E-state index is -0.258. The molecule has 3 aromatic rings. The molecule has 0 spiro atoms. The highest BCUT2D eigenvalue weighted by molar-refractivity contribution is 6.31.